The number of pyridine rings is 1. The molecule has 0 spiro atoms. The summed E-state index contributed by atoms with van der Waals surface area (Å²) in [5, 5.41) is 3.55. The van der Waals surface area contributed by atoms with E-state index in [0.717, 1.165) is 5.56 Å². The Labute approximate surface area is 171 Å². The molecule has 4 nitrogen and oxygen atoms in total. The lowest BCUT2D eigenvalue weighted by Crippen LogP contribution is -2.24. The van der Waals surface area contributed by atoms with Crippen LogP contribution in [-0.4, -0.2) is 22.8 Å². The Kier molecular flexibility index (Phi) is 7.14. The number of benzene rings is 2. The van der Waals surface area contributed by atoms with E-state index in [9.17, 15) is 9.18 Å². The molecular formula is C22H20BrFN2O2. The van der Waals surface area contributed by atoms with Gasteiger partial charge in [-0.1, -0.05) is 52.3 Å². The fraction of sp³-hybridized carbons (Fsp3) is 0.182. The first-order chi connectivity index (χ1) is 13.7. The van der Waals surface area contributed by atoms with Gasteiger partial charge in [-0.2, -0.15) is 0 Å². The maximum Gasteiger partial charge on any atom is 0.226 e. The third kappa shape index (κ3) is 5.63. The summed E-state index contributed by atoms with van der Waals surface area (Å²) in [6.07, 6.45) is 1.76. The number of rotatable bonds is 8. The highest BCUT2D eigenvalue weighted by atomic mass is 79.9. The van der Waals surface area contributed by atoms with Gasteiger partial charge in [0.05, 0.1) is 13.0 Å². The molecule has 0 aliphatic heterocycles. The number of nitrogens with one attached hydrogen (secondary N) is 1. The average Bonchev–Trinajstić information content (AvgIpc) is 2.72. The highest BCUT2D eigenvalue weighted by Gasteiger charge is 2.09. The zero-order valence-corrected chi connectivity index (χ0v) is 16.8. The SMILES string of the molecule is O=C(Cc1ccc(-c2ccc(OCCBr)cc2F)cn1)NCc1ccccc1. The first-order valence-electron chi connectivity index (χ1n) is 8.90. The average molecular weight is 443 g/mol. The second kappa shape index (κ2) is 9.99. The van der Waals surface area contributed by atoms with E-state index < -0.39 is 0 Å². The van der Waals surface area contributed by atoms with Crippen LogP contribution in [0.4, 0.5) is 4.39 Å². The lowest BCUT2D eigenvalue weighted by atomic mass is 10.1. The fourth-order valence-electron chi connectivity index (χ4n) is 2.69. The van der Waals surface area contributed by atoms with E-state index in [1.165, 1.54) is 6.07 Å². The second-order valence-electron chi connectivity index (χ2n) is 6.16. The van der Waals surface area contributed by atoms with Crippen molar-refractivity contribution in [1.29, 1.82) is 0 Å². The van der Waals surface area contributed by atoms with Crippen LogP contribution < -0.4 is 10.1 Å². The van der Waals surface area contributed by atoms with Crippen LogP contribution in [0.5, 0.6) is 5.75 Å². The number of carbonyl (C=O) groups excluding carboxylic acids is 1. The largest absolute Gasteiger partial charge is 0.493 e. The van der Waals surface area contributed by atoms with Gasteiger partial charge >= 0.3 is 0 Å². The summed E-state index contributed by atoms with van der Waals surface area (Å²) in [7, 11) is 0. The van der Waals surface area contributed by atoms with Crippen molar-refractivity contribution in [3.05, 3.63) is 83.9 Å². The van der Waals surface area contributed by atoms with E-state index in [1.54, 1.807) is 30.5 Å². The lowest BCUT2D eigenvalue weighted by Gasteiger charge is -2.08. The van der Waals surface area contributed by atoms with Crippen LogP contribution in [0.15, 0.2) is 66.9 Å². The third-order valence-corrected chi connectivity index (χ3v) is 4.42. The number of aromatic nitrogens is 1. The molecule has 0 bridgehead atoms. The van der Waals surface area contributed by atoms with E-state index in [1.807, 2.05) is 30.3 Å². The molecule has 1 amide bonds. The van der Waals surface area contributed by atoms with E-state index >= 15 is 0 Å². The van der Waals surface area contributed by atoms with E-state index in [4.69, 9.17) is 4.74 Å². The van der Waals surface area contributed by atoms with Crippen molar-refractivity contribution in [2.24, 2.45) is 0 Å². The number of halogens is 2. The van der Waals surface area contributed by atoms with Crippen molar-refractivity contribution in [2.75, 3.05) is 11.9 Å². The normalized spacial score (nSPS) is 10.5. The molecule has 0 saturated carbocycles. The Morgan fingerprint density at radius 2 is 1.93 bits per heavy atom. The summed E-state index contributed by atoms with van der Waals surface area (Å²) >= 11 is 3.27. The molecule has 2 aromatic carbocycles. The van der Waals surface area contributed by atoms with Crippen molar-refractivity contribution in [2.45, 2.75) is 13.0 Å². The van der Waals surface area contributed by atoms with Gasteiger partial charge in [0.1, 0.15) is 11.6 Å². The van der Waals surface area contributed by atoms with Gasteiger partial charge in [0, 0.05) is 41.0 Å². The Morgan fingerprint density at radius 3 is 2.61 bits per heavy atom. The van der Waals surface area contributed by atoms with Gasteiger partial charge in [-0.15, -0.1) is 0 Å². The molecule has 144 valence electrons. The van der Waals surface area contributed by atoms with Gasteiger partial charge < -0.3 is 10.1 Å². The number of hydrogen-bond donors (Lipinski definition) is 1. The number of carbonyl (C=O) groups is 1. The second-order valence-corrected chi connectivity index (χ2v) is 6.95. The zero-order chi connectivity index (χ0) is 19.8. The van der Waals surface area contributed by atoms with Crippen molar-refractivity contribution < 1.29 is 13.9 Å². The highest BCUT2D eigenvalue weighted by Crippen LogP contribution is 2.26. The minimum absolute atomic E-state index is 0.108. The maximum absolute atomic E-state index is 14.4. The summed E-state index contributed by atoms with van der Waals surface area (Å²) in [5.41, 5.74) is 2.77. The Balaban J connectivity index is 1.59. The third-order valence-electron chi connectivity index (χ3n) is 4.10. The molecule has 0 aliphatic carbocycles. The van der Waals surface area contributed by atoms with Crippen LogP contribution in [-0.2, 0) is 17.8 Å². The molecule has 0 fully saturated rings. The van der Waals surface area contributed by atoms with Gasteiger partial charge in [0.25, 0.3) is 0 Å². The quantitative estimate of drug-likeness (QED) is 0.521. The van der Waals surface area contributed by atoms with Crippen molar-refractivity contribution >= 4 is 21.8 Å². The Morgan fingerprint density at radius 1 is 1.11 bits per heavy atom. The standard InChI is InChI=1S/C22H20BrFN2O2/c23-10-11-28-19-8-9-20(21(24)13-19)17-6-7-18(25-15-17)12-22(27)26-14-16-4-2-1-3-5-16/h1-9,13,15H,10-12,14H2,(H,26,27). The molecule has 0 saturated heterocycles. The molecule has 28 heavy (non-hydrogen) atoms. The number of amides is 1. The maximum atomic E-state index is 14.4. The van der Waals surface area contributed by atoms with Crippen LogP contribution in [0, 0.1) is 5.82 Å². The summed E-state index contributed by atoms with van der Waals surface area (Å²) in [4.78, 5) is 16.4. The summed E-state index contributed by atoms with van der Waals surface area (Å²) in [6.45, 7) is 0.952. The van der Waals surface area contributed by atoms with E-state index in [0.29, 0.717) is 41.1 Å². The van der Waals surface area contributed by atoms with Crippen molar-refractivity contribution in [1.82, 2.24) is 10.3 Å². The molecule has 3 rings (SSSR count). The summed E-state index contributed by atoms with van der Waals surface area (Å²) in [6, 6.07) is 18.0. The molecule has 0 radical (unpaired) electrons. The van der Waals surface area contributed by atoms with Crippen LogP contribution in [0.1, 0.15) is 11.3 Å². The van der Waals surface area contributed by atoms with Crippen LogP contribution in [0.25, 0.3) is 11.1 Å². The fourth-order valence-corrected chi connectivity index (χ4v) is 2.85. The molecule has 3 aromatic rings. The molecule has 1 heterocycles. The number of ether oxygens (including phenoxy) is 1. The summed E-state index contributed by atoms with van der Waals surface area (Å²) < 4.78 is 19.7. The Hall–Kier alpha value is -2.73. The van der Waals surface area contributed by atoms with Gasteiger partial charge in [-0.25, -0.2) is 4.39 Å². The topological polar surface area (TPSA) is 51.2 Å². The van der Waals surface area contributed by atoms with Gasteiger partial charge in [0.15, 0.2) is 0 Å². The highest BCUT2D eigenvalue weighted by molar-refractivity contribution is 9.09. The lowest BCUT2D eigenvalue weighted by molar-refractivity contribution is -0.120. The predicted octanol–water partition coefficient (Wildman–Crippen LogP) is 4.52. The molecule has 1 N–H and O–H groups in total. The van der Waals surface area contributed by atoms with Gasteiger partial charge in [-0.05, 0) is 23.8 Å². The zero-order valence-electron chi connectivity index (χ0n) is 15.2. The monoisotopic (exact) mass is 442 g/mol. The smallest absolute Gasteiger partial charge is 0.226 e. The number of hydrogen-bond acceptors (Lipinski definition) is 3. The van der Waals surface area contributed by atoms with Crippen LogP contribution in [0.2, 0.25) is 0 Å². The molecular weight excluding hydrogens is 423 g/mol. The minimum Gasteiger partial charge on any atom is -0.493 e. The molecule has 0 aliphatic rings. The van der Waals surface area contributed by atoms with Crippen molar-refractivity contribution in [3.63, 3.8) is 0 Å². The molecule has 1 aromatic heterocycles. The van der Waals surface area contributed by atoms with Crippen molar-refractivity contribution in [3.8, 4) is 16.9 Å². The first-order valence-corrected chi connectivity index (χ1v) is 10.0. The molecule has 6 heteroatoms. The first kappa shape index (κ1) is 20.0. The summed E-state index contributed by atoms with van der Waals surface area (Å²) in [5.74, 6) is 0.00571. The minimum atomic E-state index is -0.373. The Bertz CT molecular complexity index is 918. The van der Waals surface area contributed by atoms with Gasteiger partial charge in [0.2, 0.25) is 5.91 Å². The van der Waals surface area contributed by atoms with E-state index in [2.05, 4.69) is 26.2 Å². The van der Waals surface area contributed by atoms with Gasteiger partial charge in [-0.3, -0.25) is 9.78 Å². The molecule has 0 unspecified atom stereocenters. The van der Waals surface area contributed by atoms with E-state index in [-0.39, 0.29) is 18.1 Å². The van der Waals surface area contributed by atoms with Crippen LogP contribution in [0.3, 0.4) is 0 Å². The number of alkyl halides is 1. The predicted molar refractivity (Wildman–Crippen MR) is 111 cm³/mol. The molecule has 0 atom stereocenters. The number of nitrogens with zero attached hydrogens (tertiary/aromatic N) is 1. The van der Waals surface area contributed by atoms with Crippen LogP contribution >= 0.6 is 15.9 Å².